The maximum Gasteiger partial charge on any atom is 0.307 e. The van der Waals surface area contributed by atoms with Gasteiger partial charge in [-0.3, -0.25) is 9.59 Å². The molecule has 3 N–H and O–H groups in total. The molecule has 3 atom stereocenters. The van der Waals surface area contributed by atoms with Crippen LogP contribution >= 0.6 is 0 Å². The molecule has 0 aromatic heterocycles. The lowest BCUT2D eigenvalue weighted by Crippen LogP contribution is -2.41. The average Bonchev–Trinajstić information content (AvgIpc) is 2.36. The summed E-state index contributed by atoms with van der Waals surface area (Å²) in [6.07, 6.45) is 5.41. The minimum atomic E-state index is -0.936. The number of hydrogen-bond donors (Lipinski definition) is 3. The van der Waals surface area contributed by atoms with E-state index >= 15 is 0 Å². The Labute approximate surface area is 107 Å². The van der Waals surface area contributed by atoms with E-state index in [0.717, 1.165) is 6.42 Å². The van der Waals surface area contributed by atoms with Gasteiger partial charge in [-0.1, -0.05) is 25.5 Å². The van der Waals surface area contributed by atoms with Crippen LogP contribution in [0, 0.1) is 11.8 Å². The third-order valence-electron chi connectivity index (χ3n) is 3.22. The highest BCUT2D eigenvalue weighted by Gasteiger charge is 2.33. The van der Waals surface area contributed by atoms with Crippen LogP contribution in [-0.4, -0.2) is 34.7 Å². The van der Waals surface area contributed by atoms with Gasteiger partial charge in [-0.2, -0.15) is 0 Å². The van der Waals surface area contributed by atoms with E-state index in [1.807, 2.05) is 13.0 Å². The number of carbonyl (C=O) groups excluding carboxylic acids is 1. The van der Waals surface area contributed by atoms with E-state index in [-0.39, 0.29) is 12.5 Å². The number of aliphatic carboxylic acids is 1. The Morgan fingerprint density at radius 3 is 2.50 bits per heavy atom. The molecule has 102 valence electrons. The fraction of sp³-hybridized carbons (Fsp3) is 0.692. The van der Waals surface area contributed by atoms with E-state index in [1.165, 1.54) is 0 Å². The monoisotopic (exact) mass is 255 g/mol. The lowest BCUT2D eigenvalue weighted by Gasteiger charge is -2.24. The van der Waals surface area contributed by atoms with Crippen molar-refractivity contribution in [2.45, 2.75) is 38.7 Å². The average molecular weight is 255 g/mol. The van der Waals surface area contributed by atoms with Crippen LogP contribution in [0.15, 0.2) is 12.2 Å². The quantitative estimate of drug-likeness (QED) is 0.616. The number of carboxylic acids is 1. The van der Waals surface area contributed by atoms with Crippen molar-refractivity contribution in [2.24, 2.45) is 11.8 Å². The number of nitrogens with one attached hydrogen (secondary N) is 1. The van der Waals surface area contributed by atoms with E-state index in [1.54, 1.807) is 6.08 Å². The van der Waals surface area contributed by atoms with Crippen molar-refractivity contribution in [2.75, 3.05) is 6.54 Å². The van der Waals surface area contributed by atoms with Gasteiger partial charge < -0.3 is 15.5 Å². The molecule has 3 unspecified atom stereocenters. The molecule has 1 rings (SSSR count). The molecule has 5 nitrogen and oxygen atoms in total. The van der Waals surface area contributed by atoms with Gasteiger partial charge in [0.1, 0.15) is 0 Å². The number of rotatable bonds is 6. The van der Waals surface area contributed by atoms with Gasteiger partial charge in [-0.25, -0.2) is 0 Å². The number of allylic oxidation sites excluding steroid dienone is 2. The summed E-state index contributed by atoms with van der Waals surface area (Å²) >= 11 is 0. The molecule has 0 radical (unpaired) electrons. The Kier molecular flexibility index (Phi) is 5.85. The number of aliphatic hydroxyl groups excluding tert-OH is 1. The van der Waals surface area contributed by atoms with Gasteiger partial charge in [-0.05, 0) is 19.3 Å². The summed E-state index contributed by atoms with van der Waals surface area (Å²) in [5.74, 6) is -2.39. The molecule has 0 aromatic carbocycles. The molecule has 0 heterocycles. The number of hydrogen-bond acceptors (Lipinski definition) is 3. The van der Waals surface area contributed by atoms with Gasteiger partial charge in [0.15, 0.2) is 0 Å². The Hall–Kier alpha value is -1.36. The molecule has 0 saturated heterocycles. The summed E-state index contributed by atoms with van der Waals surface area (Å²) in [7, 11) is 0. The van der Waals surface area contributed by atoms with Crippen molar-refractivity contribution in [3.05, 3.63) is 12.2 Å². The topological polar surface area (TPSA) is 86.6 Å². The molecular weight excluding hydrogens is 234 g/mol. The Bertz CT molecular complexity index is 327. The van der Waals surface area contributed by atoms with Gasteiger partial charge in [-0.15, -0.1) is 0 Å². The molecular formula is C13H21NO4. The summed E-state index contributed by atoms with van der Waals surface area (Å²) < 4.78 is 0. The van der Waals surface area contributed by atoms with Crippen LogP contribution in [0.1, 0.15) is 32.6 Å². The highest BCUT2D eigenvalue weighted by Crippen LogP contribution is 2.25. The molecule has 0 spiro atoms. The number of carboxylic acid groups (broad SMARTS) is 1. The van der Waals surface area contributed by atoms with Crippen molar-refractivity contribution in [3.8, 4) is 0 Å². The fourth-order valence-electron chi connectivity index (χ4n) is 2.16. The normalized spacial score (nSPS) is 24.6. The predicted octanol–water partition coefficient (Wildman–Crippen LogP) is 0.931. The summed E-state index contributed by atoms with van der Waals surface area (Å²) in [5, 5.41) is 21.2. The summed E-state index contributed by atoms with van der Waals surface area (Å²) in [6, 6.07) is 0. The van der Waals surface area contributed by atoms with Crippen molar-refractivity contribution in [3.63, 3.8) is 0 Å². The first-order valence-corrected chi connectivity index (χ1v) is 6.39. The van der Waals surface area contributed by atoms with Gasteiger partial charge in [0.2, 0.25) is 5.91 Å². The minimum absolute atomic E-state index is 0.194. The molecule has 1 aliphatic rings. The van der Waals surface area contributed by atoms with Gasteiger partial charge in [0.05, 0.1) is 17.9 Å². The van der Waals surface area contributed by atoms with Crippen molar-refractivity contribution in [1.82, 2.24) is 5.32 Å². The van der Waals surface area contributed by atoms with Gasteiger partial charge in [0.25, 0.3) is 0 Å². The molecule has 0 fully saturated rings. The van der Waals surface area contributed by atoms with E-state index in [4.69, 9.17) is 5.11 Å². The highest BCUT2D eigenvalue weighted by molar-refractivity contribution is 5.85. The Morgan fingerprint density at radius 1 is 1.33 bits per heavy atom. The van der Waals surface area contributed by atoms with Crippen molar-refractivity contribution < 1.29 is 19.8 Å². The maximum absolute atomic E-state index is 11.9. The van der Waals surface area contributed by atoms with Crippen LogP contribution in [0.2, 0.25) is 0 Å². The molecule has 0 saturated carbocycles. The van der Waals surface area contributed by atoms with Crippen LogP contribution in [0.25, 0.3) is 0 Å². The molecule has 0 bridgehead atoms. The Balaban J connectivity index is 2.49. The fourth-order valence-corrected chi connectivity index (χ4v) is 2.16. The third kappa shape index (κ3) is 4.14. The first kappa shape index (κ1) is 14.7. The second kappa shape index (κ2) is 7.16. The zero-order valence-corrected chi connectivity index (χ0v) is 10.6. The molecule has 1 aliphatic carbocycles. The van der Waals surface area contributed by atoms with Crippen molar-refractivity contribution >= 4 is 11.9 Å². The predicted molar refractivity (Wildman–Crippen MR) is 66.9 cm³/mol. The van der Waals surface area contributed by atoms with Crippen LogP contribution in [-0.2, 0) is 9.59 Å². The van der Waals surface area contributed by atoms with Crippen LogP contribution in [0.5, 0.6) is 0 Å². The molecule has 0 aromatic rings. The number of carbonyl (C=O) groups is 2. The highest BCUT2D eigenvalue weighted by atomic mass is 16.4. The van der Waals surface area contributed by atoms with E-state index < -0.39 is 23.9 Å². The van der Waals surface area contributed by atoms with Gasteiger partial charge >= 0.3 is 5.97 Å². The number of amides is 1. The molecule has 5 heteroatoms. The zero-order chi connectivity index (χ0) is 13.5. The first-order valence-electron chi connectivity index (χ1n) is 6.39. The van der Waals surface area contributed by atoms with Crippen LogP contribution in [0.3, 0.4) is 0 Å². The standard InChI is InChI=1S/C13H21NO4/c1-2-5-9(15)8-14-12(16)10-6-3-4-7-11(10)13(17)18/h3-4,9-11,15H,2,5-8H2,1H3,(H,14,16)(H,17,18). The Morgan fingerprint density at radius 2 is 1.94 bits per heavy atom. The van der Waals surface area contributed by atoms with E-state index in [9.17, 15) is 14.7 Å². The maximum atomic E-state index is 11.9. The van der Waals surface area contributed by atoms with Gasteiger partial charge in [0, 0.05) is 6.54 Å². The lowest BCUT2D eigenvalue weighted by molar-refractivity contribution is -0.147. The molecule has 0 aliphatic heterocycles. The van der Waals surface area contributed by atoms with Crippen LogP contribution in [0.4, 0.5) is 0 Å². The van der Waals surface area contributed by atoms with E-state index in [2.05, 4.69) is 5.32 Å². The van der Waals surface area contributed by atoms with Crippen molar-refractivity contribution in [1.29, 1.82) is 0 Å². The third-order valence-corrected chi connectivity index (χ3v) is 3.22. The minimum Gasteiger partial charge on any atom is -0.481 e. The second-order valence-electron chi connectivity index (χ2n) is 4.68. The molecule has 18 heavy (non-hydrogen) atoms. The molecule has 1 amide bonds. The largest absolute Gasteiger partial charge is 0.481 e. The number of aliphatic hydroxyl groups is 1. The zero-order valence-electron chi connectivity index (χ0n) is 10.6. The summed E-state index contributed by atoms with van der Waals surface area (Å²) in [5.41, 5.74) is 0. The van der Waals surface area contributed by atoms with Crippen LogP contribution < -0.4 is 5.32 Å². The first-order chi connectivity index (χ1) is 8.56. The lowest BCUT2D eigenvalue weighted by atomic mass is 9.82. The summed E-state index contributed by atoms with van der Waals surface area (Å²) in [6.45, 7) is 2.15. The SMILES string of the molecule is CCCC(O)CNC(=O)C1CC=CCC1C(=O)O. The smallest absolute Gasteiger partial charge is 0.307 e. The van der Waals surface area contributed by atoms with E-state index in [0.29, 0.717) is 19.3 Å². The summed E-state index contributed by atoms with van der Waals surface area (Å²) in [4.78, 5) is 22.9. The second-order valence-corrected chi connectivity index (χ2v) is 4.68.